The molecule has 0 fully saturated rings. The van der Waals surface area contributed by atoms with E-state index < -0.39 is 23.4 Å². The Labute approximate surface area is 118 Å². The summed E-state index contributed by atoms with van der Waals surface area (Å²) in [4.78, 5) is 12.0. The molecule has 21 heavy (non-hydrogen) atoms. The minimum absolute atomic E-state index is 0.00894. The number of nitrogens with two attached hydrogens (primary N) is 1. The van der Waals surface area contributed by atoms with Crippen molar-refractivity contribution in [3.8, 4) is 0 Å². The number of hydrogen-bond acceptors (Lipinski definition) is 3. The molecule has 1 aromatic heterocycles. The Morgan fingerprint density at radius 1 is 1.19 bits per heavy atom. The molecular formula is C15H12F2N2O2. The summed E-state index contributed by atoms with van der Waals surface area (Å²) >= 11 is 0. The number of nitrogens with zero attached hydrogens (tertiary/aromatic N) is 1. The van der Waals surface area contributed by atoms with Gasteiger partial charge in [0.05, 0.1) is 11.6 Å². The van der Waals surface area contributed by atoms with Gasteiger partial charge in [0.25, 0.3) is 0 Å². The Bertz CT molecular complexity index is 883. The molecule has 0 saturated carbocycles. The van der Waals surface area contributed by atoms with Crippen molar-refractivity contribution in [3.63, 3.8) is 0 Å². The first-order valence-corrected chi connectivity index (χ1v) is 6.33. The van der Waals surface area contributed by atoms with E-state index in [-0.39, 0.29) is 11.1 Å². The van der Waals surface area contributed by atoms with Crippen molar-refractivity contribution in [2.75, 3.05) is 5.73 Å². The fourth-order valence-electron chi connectivity index (χ4n) is 2.36. The molecule has 0 amide bonds. The Morgan fingerprint density at radius 3 is 2.62 bits per heavy atom. The van der Waals surface area contributed by atoms with Crippen molar-refractivity contribution in [2.24, 2.45) is 0 Å². The lowest BCUT2D eigenvalue weighted by Crippen LogP contribution is -2.19. The molecule has 0 aliphatic carbocycles. The number of anilines is 1. The van der Waals surface area contributed by atoms with Gasteiger partial charge in [-0.05, 0) is 24.6 Å². The van der Waals surface area contributed by atoms with Gasteiger partial charge in [-0.2, -0.15) is 0 Å². The third-order valence-electron chi connectivity index (χ3n) is 3.44. The zero-order chi connectivity index (χ0) is 15.1. The van der Waals surface area contributed by atoms with E-state index in [1.54, 1.807) is 31.2 Å². The van der Waals surface area contributed by atoms with Gasteiger partial charge in [0.2, 0.25) is 0 Å². The van der Waals surface area contributed by atoms with Crippen LogP contribution in [-0.4, -0.2) is 4.57 Å². The van der Waals surface area contributed by atoms with Crippen LogP contribution in [0.25, 0.3) is 11.1 Å². The molecule has 0 saturated heterocycles. The second-order valence-corrected chi connectivity index (χ2v) is 4.82. The summed E-state index contributed by atoms with van der Waals surface area (Å²) in [6, 6.07) is 8.40. The van der Waals surface area contributed by atoms with E-state index in [0.717, 1.165) is 17.7 Å². The van der Waals surface area contributed by atoms with E-state index in [4.69, 9.17) is 10.2 Å². The van der Waals surface area contributed by atoms with Gasteiger partial charge in [0.1, 0.15) is 0 Å². The molecule has 6 heteroatoms. The van der Waals surface area contributed by atoms with E-state index in [1.165, 1.54) is 4.57 Å². The summed E-state index contributed by atoms with van der Waals surface area (Å²) in [5.41, 5.74) is 7.26. The van der Waals surface area contributed by atoms with Gasteiger partial charge in [-0.25, -0.2) is 13.6 Å². The minimum atomic E-state index is -1.06. The molecule has 3 rings (SSSR count). The lowest BCUT2D eigenvalue weighted by atomic mass is 10.1. The number of oxazole rings is 1. The monoisotopic (exact) mass is 290 g/mol. The predicted octanol–water partition coefficient (Wildman–Crippen LogP) is 3.06. The quantitative estimate of drug-likeness (QED) is 0.738. The summed E-state index contributed by atoms with van der Waals surface area (Å²) in [5.74, 6) is -2.76. The third-order valence-corrected chi connectivity index (χ3v) is 3.44. The Balaban J connectivity index is 2.22. The van der Waals surface area contributed by atoms with Crippen LogP contribution in [0.5, 0.6) is 0 Å². The van der Waals surface area contributed by atoms with Crippen LogP contribution < -0.4 is 11.5 Å². The SMILES string of the molecule is CC(c1cccc(N)c1)n1c(=O)oc2cc(F)c(F)cc21. The number of nitrogen functional groups attached to an aromatic ring is 1. The van der Waals surface area contributed by atoms with Crippen LogP contribution in [0, 0.1) is 11.6 Å². The van der Waals surface area contributed by atoms with Crippen molar-refractivity contribution < 1.29 is 13.2 Å². The second kappa shape index (κ2) is 4.73. The van der Waals surface area contributed by atoms with Crippen molar-refractivity contribution in [3.05, 3.63) is 64.1 Å². The summed E-state index contributed by atoms with van der Waals surface area (Å²) < 4.78 is 32.9. The molecule has 0 radical (unpaired) electrons. The van der Waals surface area contributed by atoms with Crippen molar-refractivity contribution in [2.45, 2.75) is 13.0 Å². The highest BCUT2D eigenvalue weighted by Crippen LogP contribution is 2.25. The number of halogens is 2. The Kier molecular flexibility index (Phi) is 3.01. The van der Waals surface area contributed by atoms with Crippen molar-refractivity contribution >= 4 is 16.8 Å². The first-order chi connectivity index (χ1) is 9.97. The number of aromatic nitrogens is 1. The highest BCUT2D eigenvalue weighted by molar-refractivity contribution is 5.73. The van der Waals surface area contributed by atoms with Crippen LogP contribution in [0.15, 0.2) is 45.6 Å². The Hall–Kier alpha value is -2.63. The number of hydrogen-bond donors (Lipinski definition) is 1. The highest BCUT2D eigenvalue weighted by Gasteiger charge is 2.19. The molecule has 3 aromatic rings. The average Bonchev–Trinajstić information content (AvgIpc) is 2.74. The number of benzene rings is 2. The maximum absolute atomic E-state index is 13.4. The first-order valence-electron chi connectivity index (χ1n) is 6.33. The standard InChI is InChI=1S/C15H12F2N2O2/c1-8(9-3-2-4-10(18)5-9)19-13-6-11(16)12(17)7-14(13)21-15(19)20/h2-8H,18H2,1H3. The molecule has 1 atom stereocenters. The molecule has 1 unspecified atom stereocenters. The van der Waals surface area contributed by atoms with Gasteiger partial charge in [0.15, 0.2) is 17.2 Å². The molecule has 1 heterocycles. The molecular weight excluding hydrogens is 278 g/mol. The molecule has 108 valence electrons. The summed E-state index contributed by atoms with van der Waals surface area (Å²) in [5, 5.41) is 0. The highest BCUT2D eigenvalue weighted by atomic mass is 19.2. The van der Waals surface area contributed by atoms with E-state index in [1.807, 2.05) is 0 Å². The van der Waals surface area contributed by atoms with Crippen LogP contribution in [0.3, 0.4) is 0 Å². The molecule has 4 nitrogen and oxygen atoms in total. The molecule has 0 bridgehead atoms. The minimum Gasteiger partial charge on any atom is -0.408 e. The van der Waals surface area contributed by atoms with Crippen molar-refractivity contribution in [1.82, 2.24) is 4.57 Å². The van der Waals surface area contributed by atoms with Gasteiger partial charge in [-0.1, -0.05) is 12.1 Å². The third kappa shape index (κ3) is 2.18. The maximum Gasteiger partial charge on any atom is 0.420 e. The smallest absolute Gasteiger partial charge is 0.408 e. The van der Waals surface area contributed by atoms with Crippen LogP contribution in [0.4, 0.5) is 14.5 Å². The number of rotatable bonds is 2. The van der Waals surface area contributed by atoms with E-state index in [2.05, 4.69) is 0 Å². The van der Waals surface area contributed by atoms with Crippen molar-refractivity contribution in [1.29, 1.82) is 0 Å². The van der Waals surface area contributed by atoms with Gasteiger partial charge in [-0.15, -0.1) is 0 Å². The van der Waals surface area contributed by atoms with Crippen LogP contribution in [-0.2, 0) is 0 Å². The largest absolute Gasteiger partial charge is 0.420 e. The Morgan fingerprint density at radius 2 is 1.90 bits per heavy atom. The predicted molar refractivity (Wildman–Crippen MR) is 75.1 cm³/mol. The summed E-state index contributed by atoms with van der Waals surface area (Å²) in [7, 11) is 0. The van der Waals surface area contributed by atoms with Crippen LogP contribution in [0.2, 0.25) is 0 Å². The zero-order valence-electron chi connectivity index (χ0n) is 11.1. The average molecular weight is 290 g/mol. The van der Waals surface area contributed by atoms with Gasteiger partial charge in [0, 0.05) is 17.8 Å². The normalized spacial score (nSPS) is 12.7. The number of fused-ring (bicyclic) bond motifs is 1. The first kappa shape index (κ1) is 13.4. The van der Waals surface area contributed by atoms with Crippen LogP contribution in [0.1, 0.15) is 18.5 Å². The van der Waals surface area contributed by atoms with Crippen LogP contribution >= 0.6 is 0 Å². The fraction of sp³-hybridized carbons (Fsp3) is 0.133. The topological polar surface area (TPSA) is 61.2 Å². The lowest BCUT2D eigenvalue weighted by molar-refractivity contribution is 0.487. The van der Waals surface area contributed by atoms with Gasteiger partial charge >= 0.3 is 5.76 Å². The molecule has 2 aromatic carbocycles. The molecule has 2 N–H and O–H groups in total. The van der Waals surface area contributed by atoms with E-state index in [0.29, 0.717) is 5.69 Å². The second-order valence-electron chi connectivity index (χ2n) is 4.82. The zero-order valence-corrected chi connectivity index (χ0v) is 11.1. The fourth-order valence-corrected chi connectivity index (χ4v) is 2.36. The summed E-state index contributed by atoms with van der Waals surface area (Å²) in [6.45, 7) is 1.76. The summed E-state index contributed by atoms with van der Waals surface area (Å²) in [6.07, 6.45) is 0. The molecule has 0 spiro atoms. The van der Waals surface area contributed by atoms with E-state index >= 15 is 0 Å². The maximum atomic E-state index is 13.4. The van der Waals surface area contributed by atoms with E-state index in [9.17, 15) is 13.6 Å². The van der Waals surface area contributed by atoms with Gasteiger partial charge < -0.3 is 10.2 Å². The molecule has 0 aliphatic rings. The lowest BCUT2D eigenvalue weighted by Gasteiger charge is -2.13. The molecule has 0 aliphatic heterocycles. The van der Waals surface area contributed by atoms with Gasteiger partial charge in [-0.3, -0.25) is 4.57 Å².